The van der Waals surface area contributed by atoms with Crippen LogP contribution in [-0.2, 0) is 4.74 Å². The number of aromatic hydroxyl groups is 1. The Morgan fingerprint density at radius 2 is 2.08 bits per heavy atom. The Labute approximate surface area is 211 Å². The number of benzene rings is 1. The Morgan fingerprint density at radius 1 is 1.31 bits per heavy atom. The summed E-state index contributed by atoms with van der Waals surface area (Å²) < 4.78 is 7.42. The first-order valence-corrected chi connectivity index (χ1v) is 13.0. The molecule has 2 saturated heterocycles. The Balaban J connectivity index is 1.37. The zero-order chi connectivity index (χ0) is 25.2. The van der Waals surface area contributed by atoms with Gasteiger partial charge in [0.2, 0.25) is 0 Å². The van der Waals surface area contributed by atoms with E-state index in [0.717, 1.165) is 61.3 Å². The summed E-state index contributed by atoms with van der Waals surface area (Å²) in [6.45, 7) is 9.92. The van der Waals surface area contributed by atoms with Gasteiger partial charge in [-0.25, -0.2) is 4.99 Å². The second-order valence-electron chi connectivity index (χ2n) is 10.1. The maximum absolute atomic E-state index is 12.7. The van der Waals surface area contributed by atoms with Crippen LogP contribution in [0.4, 0.5) is 5.69 Å². The molecular formula is C27H36N6O3. The van der Waals surface area contributed by atoms with Gasteiger partial charge in [0.1, 0.15) is 5.69 Å². The first-order valence-electron chi connectivity index (χ1n) is 13.0. The van der Waals surface area contributed by atoms with E-state index < -0.39 is 0 Å². The maximum Gasteiger partial charge on any atom is 0.251 e. The molecule has 4 heterocycles. The van der Waals surface area contributed by atoms with Gasteiger partial charge in [-0.15, -0.1) is 0 Å². The molecule has 2 aromatic heterocycles. The van der Waals surface area contributed by atoms with E-state index in [1.807, 2.05) is 29.9 Å². The van der Waals surface area contributed by atoms with Gasteiger partial charge in [-0.1, -0.05) is 6.92 Å². The summed E-state index contributed by atoms with van der Waals surface area (Å²) in [4.78, 5) is 23.1. The molecule has 1 amide bonds. The average molecular weight is 493 g/mol. The number of rotatable bonds is 8. The number of amides is 1. The molecule has 1 aromatic carbocycles. The highest BCUT2D eigenvalue weighted by Crippen LogP contribution is 2.31. The number of aromatic amines is 1. The number of likely N-dealkylation sites (tertiary alicyclic amines) is 1. The fraction of sp³-hybridized carbons (Fsp3) is 0.519. The van der Waals surface area contributed by atoms with Crippen molar-refractivity contribution < 1.29 is 14.6 Å². The predicted octanol–water partition coefficient (Wildman–Crippen LogP) is 4.16. The summed E-state index contributed by atoms with van der Waals surface area (Å²) in [6, 6.07) is 6.35. The van der Waals surface area contributed by atoms with Crippen molar-refractivity contribution in [1.82, 2.24) is 25.0 Å². The zero-order valence-corrected chi connectivity index (χ0v) is 21.3. The van der Waals surface area contributed by atoms with E-state index in [4.69, 9.17) is 9.73 Å². The third kappa shape index (κ3) is 5.03. The normalized spacial score (nSPS) is 19.7. The fourth-order valence-corrected chi connectivity index (χ4v) is 5.08. The lowest BCUT2D eigenvalue weighted by atomic mass is 10.0. The number of carbonyl (C=O) groups is 1. The summed E-state index contributed by atoms with van der Waals surface area (Å²) in [5, 5.41) is 19.1. The van der Waals surface area contributed by atoms with E-state index in [-0.39, 0.29) is 17.9 Å². The molecule has 5 rings (SSSR count). The number of H-pyrrole nitrogens is 1. The largest absolute Gasteiger partial charge is 0.494 e. The second kappa shape index (κ2) is 10.4. The third-order valence-electron chi connectivity index (χ3n) is 7.40. The molecule has 2 aliphatic heterocycles. The van der Waals surface area contributed by atoms with Crippen LogP contribution in [0.5, 0.6) is 5.88 Å². The highest BCUT2D eigenvalue weighted by Gasteiger charge is 2.23. The van der Waals surface area contributed by atoms with Crippen molar-refractivity contribution in [2.24, 2.45) is 4.99 Å². The smallest absolute Gasteiger partial charge is 0.251 e. The molecule has 0 bridgehead atoms. The van der Waals surface area contributed by atoms with Gasteiger partial charge >= 0.3 is 0 Å². The Morgan fingerprint density at radius 3 is 2.75 bits per heavy atom. The van der Waals surface area contributed by atoms with Gasteiger partial charge in [0.15, 0.2) is 5.88 Å². The van der Waals surface area contributed by atoms with Gasteiger partial charge in [0.25, 0.3) is 5.91 Å². The van der Waals surface area contributed by atoms with Crippen LogP contribution < -0.4 is 5.32 Å². The molecule has 9 heteroatoms. The SMILES string of the molecule is CCC(=Nc1cnn(C2CCN(C(C)C)CC2)c1)c1c(O)[nH]c2ccc(C(=O)NCC3CCO3)cc12. The minimum atomic E-state index is -0.154. The van der Waals surface area contributed by atoms with Gasteiger partial charge in [0.05, 0.1) is 35.8 Å². The van der Waals surface area contributed by atoms with Gasteiger partial charge in [-0.05, 0) is 57.7 Å². The number of nitrogens with zero attached hydrogens (tertiary/aromatic N) is 4. The van der Waals surface area contributed by atoms with Crippen LogP contribution in [0.2, 0.25) is 0 Å². The molecule has 9 nitrogen and oxygen atoms in total. The number of ether oxygens (including phenoxy) is 1. The van der Waals surface area contributed by atoms with Crippen molar-refractivity contribution >= 4 is 28.2 Å². The molecule has 3 N–H and O–H groups in total. The topological polar surface area (TPSA) is 108 Å². The van der Waals surface area contributed by atoms with Crippen molar-refractivity contribution in [1.29, 1.82) is 0 Å². The van der Waals surface area contributed by atoms with Crippen LogP contribution in [0.3, 0.4) is 0 Å². The Hall–Kier alpha value is -3.17. The zero-order valence-electron chi connectivity index (χ0n) is 21.3. The minimum absolute atomic E-state index is 0.0551. The fourth-order valence-electron chi connectivity index (χ4n) is 5.08. The monoisotopic (exact) mass is 492 g/mol. The number of aliphatic imine (C=N–C) groups is 1. The molecule has 3 aromatic rings. The second-order valence-corrected chi connectivity index (χ2v) is 10.1. The van der Waals surface area contributed by atoms with Crippen LogP contribution in [0.15, 0.2) is 35.6 Å². The van der Waals surface area contributed by atoms with Crippen molar-refractivity contribution in [2.45, 2.75) is 64.6 Å². The minimum Gasteiger partial charge on any atom is -0.494 e. The molecule has 0 aliphatic carbocycles. The lowest BCUT2D eigenvalue weighted by Crippen LogP contribution is -2.39. The van der Waals surface area contributed by atoms with Gasteiger partial charge in [0, 0.05) is 48.7 Å². The van der Waals surface area contributed by atoms with Crippen LogP contribution in [0.1, 0.15) is 68.4 Å². The number of aromatic nitrogens is 3. The highest BCUT2D eigenvalue weighted by molar-refractivity contribution is 6.14. The molecule has 2 aliphatic rings. The number of fused-ring (bicyclic) bond motifs is 1. The molecule has 36 heavy (non-hydrogen) atoms. The Kier molecular flexibility index (Phi) is 7.11. The molecule has 1 unspecified atom stereocenters. The predicted molar refractivity (Wildman–Crippen MR) is 140 cm³/mol. The molecule has 192 valence electrons. The Bertz CT molecular complexity index is 1250. The standard InChI is InChI=1S/C27H36N6O3/c1-4-23(30-19-14-29-33(16-19)20-7-10-32(11-8-20)17(2)3)25-22-13-18(5-6-24(22)31-27(25)35)26(34)28-15-21-9-12-36-21/h5-6,13-14,16-17,20-21,31,35H,4,7-12,15H2,1-3H3,(H,28,34). The average Bonchev–Trinajstić information content (AvgIpc) is 3.44. The van der Waals surface area contributed by atoms with Crippen LogP contribution in [0.25, 0.3) is 10.9 Å². The van der Waals surface area contributed by atoms with Crippen molar-refractivity contribution in [3.8, 4) is 5.88 Å². The third-order valence-corrected chi connectivity index (χ3v) is 7.40. The van der Waals surface area contributed by atoms with Gasteiger partial charge in [-0.2, -0.15) is 5.10 Å². The van der Waals surface area contributed by atoms with E-state index in [1.165, 1.54) is 0 Å². The van der Waals surface area contributed by atoms with Crippen molar-refractivity contribution in [2.75, 3.05) is 26.2 Å². The van der Waals surface area contributed by atoms with Crippen LogP contribution in [-0.4, -0.2) is 74.8 Å². The number of nitrogens with one attached hydrogen (secondary N) is 2. The number of hydrogen-bond acceptors (Lipinski definition) is 6. The van der Waals surface area contributed by atoms with Crippen LogP contribution >= 0.6 is 0 Å². The highest BCUT2D eigenvalue weighted by atomic mass is 16.5. The molecule has 0 spiro atoms. The summed E-state index contributed by atoms with van der Waals surface area (Å²) in [7, 11) is 0. The molecule has 0 radical (unpaired) electrons. The van der Waals surface area contributed by atoms with Crippen molar-refractivity contribution in [3.05, 3.63) is 41.7 Å². The first kappa shape index (κ1) is 24.5. The maximum atomic E-state index is 12.7. The number of hydrogen-bond donors (Lipinski definition) is 3. The van der Waals surface area contributed by atoms with Gasteiger partial charge < -0.3 is 25.0 Å². The summed E-state index contributed by atoms with van der Waals surface area (Å²) in [6.07, 6.45) is 7.63. The van der Waals surface area contributed by atoms with Crippen molar-refractivity contribution in [3.63, 3.8) is 0 Å². The lowest BCUT2D eigenvalue weighted by Gasteiger charge is -2.34. The summed E-state index contributed by atoms with van der Waals surface area (Å²) >= 11 is 0. The van der Waals surface area contributed by atoms with Crippen LogP contribution in [0, 0.1) is 0 Å². The van der Waals surface area contributed by atoms with E-state index >= 15 is 0 Å². The molecular weight excluding hydrogens is 456 g/mol. The van der Waals surface area contributed by atoms with E-state index in [2.05, 4.69) is 34.1 Å². The van der Waals surface area contributed by atoms with E-state index in [0.29, 0.717) is 36.2 Å². The summed E-state index contributed by atoms with van der Waals surface area (Å²) in [5.41, 5.74) is 3.44. The lowest BCUT2D eigenvalue weighted by molar-refractivity contribution is -0.0472. The van der Waals surface area contributed by atoms with E-state index in [9.17, 15) is 9.90 Å². The quantitative estimate of drug-likeness (QED) is 0.409. The summed E-state index contributed by atoms with van der Waals surface area (Å²) in [5.74, 6) is -0.0988. The number of carbonyl (C=O) groups excluding carboxylic acids is 1. The molecule has 2 fully saturated rings. The van der Waals surface area contributed by atoms with E-state index in [1.54, 1.807) is 12.3 Å². The first-order chi connectivity index (χ1) is 17.4. The molecule has 1 atom stereocenters. The number of piperidine rings is 1. The molecule has 0 saturated carbocycles. The van der Waals surface area contributed by atoms with Gasteiger partial charge in [-0.3, -0.25) is 9.48 Å².